The monoisotopic (exact) mass is 346 g/mol. The van der Waals surface area contributed by atoms with E-state index in [-0.39, 0.29) is 6.54 Å². The van der Waals surface area contributed by atoms with Crippen molar-refractivity contribution in [3.05, 3.63) is 27.7 Å². The summed E-state index contributed by atoms with van der Waals surface area (Å²) in [6.45, 7) is 0.137. The highest BCUT2D eigenvalue weighted by molar-refractivity contribution is 9.10. The van der Waals surface area contributed by atoms with Crippen LogP contribution in [0.1, 0.15) is 12.8 Å². The van der Waals surface area contributed by atoms with Gasteiger partial charge in [-0.2, -0.15) is 0 Å². The van der Waals surface area contributed by atoms with Crippen molar-refractivity contribution in [3.8, 4) is 0 Å². The van der Waals surface area contributed by atoms with Gasteiger partial charge in [-0.25, -0.2) is 4.79 Å². The molecule has 102 valence electrons. The zero-order valence-corrected chi connectivity index (χ0v) is 12.2. The van der Waals surface area contributed by atoms with Gasteiger partial charge in [0.05, 0.1) is 10.4 Å². The van der Waals surface area contributed by atoms with Crippen molar-refractivity contribution in [2.75, 3.05) is 11.9 Å². The average molecular weight is 348 g/mol. The molecule has 1 aromatic carbocycles. The molecule has 0 aliphatic heterocycles. The van der Waals surface area contributed by atoms with Crippen LogP contribution in [0.2, 0.25) is 5.02 Å². The third-order valence-electron chi connectivity index (χ3n) is 3.07. The number of rotatable bonds is 4. The zero-order valence-electron chi connectivity index (χ0n) is 9.87. The van der Waals surface area contributed by atoms with Crippen molar-refractivity contribution >= 4 is 45.2 Å². The number of urea groups is 1. The molecule has 0 unspecified atom stereocenters. The third kappa shape index (κ3) is 3.39. The summed E-state index contributed by atoms with van der Waals surface area (Å²) in [6.07, 6.45) is 1.21. The number of nitrogens with one attached hydrogen (secondary N) is 2. The van der Waals surface area contributed by atoms with Crippen LogP contribution in [0.15, 0.2) is 22.7 Å². The van der Waals surface area contributed by atoms with E-state index in [1.807, 2.05) is 0 Å². The third-order valence-corrected chi connectivity index (χ3v) is 4.30. The van der Waals surface area contributed by atoms with Crippen LogP contribution in [0, 0.1) is 5.41 Å². The second kappa shape index (κ2) is 5.38. The molecule has 5 nitrogen and oxygen atoms in total. The number of carboxylic acids is 1. The van der Waals surface area contributed by atoms with Crippen LogP contribution in [0.4, 0.5) is 10.5 Å². The first-order valence-electron chi connectivity index (χ1n) is 5.66. The van der Waals surface area contributed by atoms with Gasteiger partial charge in [-0.1, -0.05) is 11.6 Å². The van der Waals surface area contributed by atoms with Gasteiger partial charge in [-0.15, -0.1) is 0 Å². The standard InChI is InChI=1S/C12H12BrClN2O3/c13-8-2-1-7(5-9(8)14)16-11(19)15-6-12(3-4-12)10(17)18/h1-2,5H,3-4,6H2,(H,17,18)(H2,15,16,19). The molecule has 0 atom stereocenters. The fourth-order valence-corrected chi connectivity index (χ4v) is 2.04. The van der Waals surface area contributed by atoms with Crippen LogP contribution in [-0.4, -0.2) is 23.7 Å². The molecular formula is C12H12BrClN2O3. The number of carbonyl (C=O) groups is 2. The molecule has 1 aromatic rings. The highest BCUT2D eigenvalue weighted by Gasteiger charge is 2.50. The highest BCUT2D eigenvalue weighted by Crippen LogP contribution is 2.45. The van der Waals surface area contributed by atoms with Gasteiger partial charge in [0, 0.05) is 16.7 Å². The molecule has 0 spiro atoms. The average Bonchev–Trinajstić information content (AvgIpc) is 3.13. The molecule has 0 radical (unpaired) electrons. The molecule has 3 N–H and O–H groups in total. The van der Waals surface area contributed by atoms with Crippen molar-refractivity contribution < 1.29 is 14.7 Å². The molecule has 1 saturated carbocycles. The molecule has 19 heavy (non-hydrogen) atoms. The number of carboxylic acid groups (broad SMARTS) is 1. The van der Waals surface area contributed by atoms with Crippen molar-refractivity contribution in [1.29, 1.82) is 0 Å². The minimum atomic E-state index is -0.862. The molecule has 0 saturated heterocycles. The van der Waals surface area contributed by atoms with E-state index in [1.54, 1.807) is 18.2 Å². The minimum absolute atomic E-state index is 0.137. The quantitative estimate of drug-likeness (QED) is 0.783. The summed E-state index contributed by atoms with van der Waals surface area (Å²) in [5, 5.41) is 14.6. The summed E-state index contributed by atoms with van der Waals surface area (Å²) >= 11 is 9.15. The predicted molar refractivity (Wildman–Crippen MR) is 75.5 cm³/mol. The van der Waals surface area contributed by atoms with Gasteiger partial charge in [0.1, 0.15) is 0 Å². The van der Waals surface area contributed by atoms with Gasteiger partial charge in [0.2, 0.25) is 0 Å². The first-order valence-corrected chi connectivity index (χ1v) is 6.83. The summed E-state index contributed by atoms with van der Waals surface area (Å²) in [5.41, 5.74) is -0.222. The van der Waals surface area contributed by atoms with Gasteiger partial charge in [-0.05, 0) is 47.0 Å². The number of aliphatic carboxylic acids is 1. The maximum absolute atomic E-state index is 11.6. The molecule has 1 aliphatic rings. The van der Waals surface area contributed by atoms with E-state index >= 15 is 0 Å². The largest absolute Gasteiger partial charge is 0.481 e. The number of anilines is 1. The van der Waals surface area contributed by atoms with Crippen LogP contribution < -0.4 is 10.6 Å². The summed E-state index contributed by atoms with van der Waals surface area (Å²) in [6, 6.07) is 4.58. The number of hydrogen-bond acceptors (Lipinski definition) is 2. The molecule has 0 heterocycles. The first kappa shape index (κ1) is 14.1. The summed E-state index contributed by atoms with van der Waals surface area (Å²) < 4.78 is 0.739. The van der Waals surface area contributed by atoms with E-state index < -0.39 is 17.4 Å². The Balaban J connectivity index is 1.88. The fourth-order valence-electron chi connectivity index (χ4n) is 1.62. The van der Waals surface area contributed by atoms with Crippen LogP contribution in [0.25, 0.3) is 0 Å². The summed E-state index contributed by atoms with van der Waals surface area (Å²) in [7, 11) is 0. The molecular weight excluding hydrogens is 336 g/mol. The second-order valence-corrected chi connectivity index (χ2v) is 5.78. The molecule has 7 heteroatoms. The Morgan fingerprint density at radius 3 is 2.63 bits per heavy atom. The van der Waals surface area contributed by atoms with Crippen LogP contribution in [0.5, 0.6) is 0 Å². The highest BCUT2D eigenvalue weighted by atomic mass is 79.9. The number of halogens is 2. The summed E-state index contributed by atoms with van der Waals surface area (Å²) in [5.74, 6) is -0.862. The lowest BCUT2D eigenvalue weighted by Crippen LogP contribution is -2.36. The van der Waals surface area contributed by atoms with Crippen molar-refractivity contribution in [2.45, 2.75) is 12.8 Å². The van der Waals surface area contributed by atoms with E-state index in [4.69, 9.17) is 16.7 Å². The van der Waals surface area contributed by atoms with Crippen LogP contribution >= 0.6 is 27.5 Å². The van der Waals surface area contributed by atoms with Crippen molar-refractivity contribution in [2.24, 2.45) is 5.41 Å². The van der Waals surface area contributed by atoms with E-state index in [1.165, 1.54) is 0 Å². The number of hydrogen-bond donors (Lipinski definition) is 3. The number of benzene rings is 1. The SMILES string of the molecule is O=C(NCC1(C(=O)O)CC1)Nc1ccc(Br)c(Cl)c1. The van der Waals surface area contributed by atoms with Gasteiger partial charge in [-0.3, -0.25) is 4.79 Å². The Kier molecular flexibility index (Phi) is 4.01. The predicted octanol–water partition coefficient (Wildman–Crippen LogP) is 3.09. The number of amides is 2. The lowest BCUT2D eigenvalue weighted by atomic mass is 10.1. The lowest BCUT2D eigenvalue weighted by molar-refractivity contribution is -0.143. The topological polar surface area (TPSA) is 78.4 Å². The van der Waals surface area contributed by atoms with Gasteiger partial charge < -0.3 is 15.7 Å². The Morgan fingerprint density at radius 1 is 1.42 bits per heavy atom. The van der Waals surface area contributed by atoms with E-state index in [2.05, 4.69) is 26.6 Å². The Bertz CT molecular complexity index is 532. The molecule has 2 amide bonds. The van der Waals surface area contributed by atoms with Crippen LogP contribution in [-0.2, 0) is 4.79 Å². The maximum atomic E-state index is 11.6. The molecule has 0 bridgehead atoms. The molecule has 1 fully saturated rings. The second-order valence-electron chi connectivity index (χ2n) is 4.52. The number of carbonyl (C=O) groups excluding carboxylic acids is 1. The van der Waals surface area contributed by atoms with E-state index in [9.17, 15) is 9.59 Å². The first-order chi connectivity index (χ1) is 8.93. The molecule has 0 aromatic heterocycles. The Morgan fingerprint density at radius 2 is 2.11 bits per heavy atom. The molecule has 1 aliphatic carbocycles. The van der Waals surface area contributed by atoms with Gasteiger partial charge in [0.25, 0.3) is 0 Å². The van der Waals surface area contributed by atoms with Crippen LogP contribution in [0.3, 0.4) is 0 Å². The van der Waals surface area contributed by atoms with E-state index in [0.29, 0.717) is 23.6 Å². The summed E-state index contributed by atoms with van der Waals surface area (Å²) in [4.78, 5) is 22.6. The van der Waals surface area contributed by atoms with E-state index in [0.717, 1.165) is 4.47 Å². The van der Waals surface area contributed by atoms with Crippen molar-refractivity contribution in [1.82, 2.24) is 5.32 Å². The Hall–Kier alpha value is -1.27. The Labute approximate surface area is 123 Å². The van der Waals surface area contributed by atoms with Crippen molar-refractivity contribution in [3.63, 3.8) is 0 Å². The van der Waals surface area contributed by atoms with Gasteiger partial charge in [0.15, 0.2) is 0 Å². The smallest absolute Gasteiger partial charge is 0.319 e. The zero-order chi connectivity index (χ0) is 14.0. The fraction of sp³-hybridized carbons (Fsp3) is 0.333. The lowest BCUT2D eigenvalue weighted by Gasteiger charge is -2.12. The van der Waals surface area contributed by atoms with Gasteiger partial charge >= 0.3 is 12.0 Å². The normalized spacial score (nSPS) is 15.7. The molecule has 2 rings (SSSR count). The minimum Gasteiger partial charge on any atom is -0.481 e. The maximum Gasteiger partial charge on any atom is 0.319 e.